The number of hydrogen-bond acceptors (Lipinski definition) is 1. The largest absolute Gasteiger partial charge is 0.674 e. The maximum absolute atomic E-state index is 8.40. The van der Waals surface area contributed by atoms with Crippen molar-refractivity contribution in [1.29, 1.82) is 5.26 Å². The maximum Gasteiger partial charge on any atom is 0.0991 e. The highest BCUT2D eigenvalue weighted by Crippen LogP contribution is 2.03. The summed E-state index contributed by atoms with van der Waals surface area (Å²) in [5.41, 5.74) is 8.58. The van der Waals surface area contributed by atoms with E-state index in [0.717, 1.165) is 5.56 Å². The lowest BCUT2D eigenvalue weighted by Gasteiger charge is -1.99. The van der Waals surface area contributed by atoms with Gasteiger partial charge >= 0.3 is 0 Å². The van der Waals surface area contributed by atoms with E-state index in [0.29, 0.717) is 5.56 Å². The molecule has 1 rings (SSSR count). The second-order valence-corrected chi connectivity index (χ2v) is 1.99. The van der Waals surface area contributed by atoms with E-state index in [9.17, 15) is 0 Å². The van der Waals surface area contributed by atoms with Crippen LogP contribution in [0.15, 0.2) is 24.3 Å². The van der Waals surface area contributed by atoms with Crippen molar-refractivity contribution in [2.75, 3.05) is 0 Å². The van der Waals surface area contributed by atoms with E-state index < -0.39 is 0 Å². The Labute approximate surface area is 59.9 Å². The standard InChI is InChI=1S/C8H7N2/c9-5-7-1-2-8(6-10)4-3-7/h1-4,9H,5H2/q-1. The minimum absolute atomic E-state index is 0.283. The van der Waals surface area contributed by atoms with Gasteiger partial charge in [0, 0.05) is 0 Å². The fourth-order valence-electron chi connectivity index (χ4n) is 0.697. The normalized spacial score (nSPS) is 8.80. The molecule has 2 nitrogen and oxygen atoms in total. The van der Waals surface area contributed by atoms with E-state index >= 15 is 0 Å². The zero-order valence-corrected chi connectivity index (χ0v) is 5.46. The molecule has 0 fully saturated rings. The van der Waals surface area contributed by atoms with Gasteiger partial charge in [0.25, 0.3) is 0 Å². The first-order valence-electron chi connectivity index (χ1n) is 3.00. The molecule has 0 atom stereocenters. The molecule has 0 unspecified atom stereocenters. The molecule has 0 aliphatic carbocycles. The van der Waals surface area contributed by atoms with E-state index in [1.54, 1.807) is 24.3 Å². The van der Waals surface area contributed by atoms with Gasteiger partial charge in [0.2, 0.25) is 0 Å². The summed E-state index contributed by atoms with van der Waals surface area (Å²) in [7, 11) is 0. The van der Waals surface area contributed by atoms with Crippen LogP contribution in [0.25, 0.3) is 5.73 Å². The molecule has 1 N–H and O–H groups in total. The Balaban J connectivity index is 2.93. The lowest BCUT2D eigenvalue weighted by molar-refractivity contribution is 1.28. The first-order chi connectivity index (χ1) is 4.86. The van der Waals surface area contributed by atoms with Gasteiger partial charge in [-0.2, -0.15) is 5.26 Å². The highest BCUT2D eigenvalue weighted by molar-refractivity contribution is 5.31. The molecule has 0 amide bonds. The van der Waals surface area contributed by atoms with E-state index in [-0.39, 0.29) is 6.54 Å². The van der Waals surface area contributed by atoms with Gasteiger partial charge in [-0.15, -0.1) is 6.54 Å². The zero-order chi connectivity index (χ0) is 7.40. The topological polar surface area (TPSA) is 47.6 Å². The molecule has 10 heavy (non-hydrogen) atoms. The van der Waals surface area contributed by atoms with Gasteiger partial charge in [0.15, 0.2) is 0 Å². The van der Waals surface area contributed by atoms with Crippen LogP contribution in [-0.2, 0) is 6.54 Å². The van der Waals surface area contributed by atoms with E-state index in [2.05, 4.69) is 0 Å². The van der Waals surface area contributed by atoms with Crippen molar-refractivity contribution < 1.29 is 0 Å². The monoisotopic (exact) mass is 131 g/mol. The van der Waals surface area contributed by atoms with Crippen LogP contribution in [0.1, 0.15) is 11.1 Å². The van der Waals surface area contributed by atoms with E-state index in [1.807, 2.05) is 6.07 Å². The van der Waals surface area contributed by atoms with Gasteiger partial charge in [-0.3, -0.25) is 0 Å². The van der Waals surface area contributed by atoms with Crippen molar-refractivity contribution in [3.63, 3.8) is 0 Å². The fraction of sp³-hybridized carbons (Fsp3) is 0.125. The molecule has 0 saturated carbocycles. The first kappa shape index (κ1) is 6.79. The Bertz CT molecular complexity index is 243. The number of benzene rings is 1. The van der Waals surface area contributed by atoms with Crippen molar-refractivity contribution in [3.8, 4) is 6.07 Å². The highest BCUT2D eigenvalue weighted by Gasteiger charge is 1.86. The summed E-state index contributed by atoms with van der Waals surface area (Å²) in [5, 5.41) is 8.40. The molecule has 0 aliphatic heterocycles. The Morgan fingerprint density at radius 1 is 1.30 bits per heavy atom. The lowest BCUT2D eigenvalue weighted by Crippen LogP contribution is -1.78. The highest BCUT2D eigenvalue weighted by atomic mass is 14.5. The molecule has 2 heteroatoms. The third-order valence-corrected chi connectivity index (χ3v) is 1.29. The molecule has 0 heterocycles. The summed E-state index contributed by atoms with van der Waals surface area (Å²) in [6, 6.07) is 9.06. The summed E-state index contributed by atoms with van der Waals surface area (Å²) in [5.74, 6) is 0. The van der Waals surface area contributed by atoms with E-state index in [4.69, 9.17) is 11.0 Å². The number of rotatable bonds is 1. The Kier molecular flexibility index (Phi) is 2.03. The van der Waals surface area contributed by atoms with Gasteiger partial charge in [0.1, 0.15) is 0 Å². The predicted octanol–water partition coefficient (Wildman–Crippen LogP) is 2.11. The SMILES string of the molecule is N#Cc1ccc(C[NH-])cc1. The van der Waals surface area contributed by atoms with Crippen molar-refractivity contribution >= 4 is 0 Å². The minimum atomic E-state index is 0.283. The molecule has 0 bridgehead atoms. The summed E-state index contributed by atoms with van der Waals surface area (Å²) >= 11 is 0. The molecular formula is C8H7N2-. The number of nitrogens with one attached hydrogen (secondary N) is 1. The van der Waals surface area contributed by atoms with Crippen LogP contribution >= 0.6 is 0 Å². The van der Waals surface area contributed by atoms with Crippen LogP contribution in [0, 0.1) is 11.3 Å². The third kappa shape index (κ3) is 1.34. The van der Waals surface area contributed by atoms with Gasteiger partial charge in [-0.1, -0.05) is 17.7 Å². The Hall–Kier alpha value is -1.33. The molecular weight excluding hydrogens is 124 g/mol. The van der Waals surface area contributed by atoms with Gasteiger partial charge < -0.3 is 5.73 Å². The number of nitriles is 1. The van der Waals surface area contributed by atoms with Gasteiger partial charge in [-0.05, 0) is 12.1 Å². The Morgan fingerprint density at radius 2 is 1.90 bits per heavy atom. The molecule has 50 valence electrons. The van der Waals surface area contributed by atoms with Crippen molar-refractivity contribution in [2.24, 2.45) is 0 Å². The van der Waals surface area contributed by atoms with Crippen LogP contribution in [0.2, 0.25) is 0 Å². The molecule has 0 radical (unpaired) electrons. The summed E-state index contributed by atoms with van der Waals surface area (Å²) in [6.45, 7) is 0.283. The van der Waals surface area contributed by atoms with Crippen LogP contribution in [0.5, 0.6) is 0 Å². The lowest BCUT2D eigenvalue weighted by atomic mass is 10.1. The molecule has 0 aromatic heterocycles. The fourth-order valence-corrected chi connectivity index (χ4v) is 0.697. The summed E-state index contributed by atoms with van der Waals surface area (Å²) < 4.78 is 0. The van der Waals surface area contributed by atoms with Crippen LogP contribution in [-0.4, -0.2) is 0 Å². The zero-order valence-electron chi connectivity index (χ0n) is 5.46. The maximum atomic E-state index is 8.40. The smallest absolute Gasteiger partial charge is 0.0991 e. The predicted molar refractivity (Wildman–Crippen MR) is 39.2 cm³/mol. The molecule has 0 spiro atoms. The second-order valence-electron chi connectivity index (χ2n) is 1.99. The molecule has 1 aromatic rings. The molecule has 0 saturated heterocycles. The van der Waals surface area contributed by atoms with Crippen LogP contribution in [0.3, 0.4) is 0 Å². The minimum Gasteiger partial charge on any atom is -0.674 e. The van der Waals surface area contributed by atoms with Gasteiger partial charge in [-0.25, -0.2) is 0 Å². The van der Waals surface area contributed by atoms with Crippen LogP contribution < -0.4 is 0 Å². The second kappa shape index (κ2) is 3.00. The quantitative estimate of drug-likeness (QED) is 0.575. The Morgan fingerprint density at radius 3 is 2.30 bits per heavy atom. The van der Waals surface area contributed by atoms with Crippen molar-refractivity contribution in [3.05, 3.63) is 41.1 Å². The third-order valence-electron chi connectivity index (χ3n) is 1.29. The van der Waals surface area contributed by atoms with Crippen molar-refractivity contribution in [2.45, 2.75) is 6.54 Å². The van der Waals surface area contributed by atoms with Gasteiger partial charge in [0.05, 0.1) is 11.6 Å². The van der Waals surface area contributed by atoms with E-state index in [1.165, 1.54) is 0 Å². The molecule has 0 aliphatic rings. The number of hydrogen-bond donors (Lipinski definition) is 0. The first-order valence-corrected chi connectivity index (χ1v) is 3.00. The summed E-state index contributed by atoms with van der Waals surface area (Å²) in [4.78, 5) is 0. The molecule has 1 aromatic carbocycles. The average molecular weight is 131 g/mol. The number of nitrogens with zero attached hydrogens (tertiary/aromatic N) is 1. The average Bonchev–Trinajstić information content (AvgIpc) is 2.05. The summed E-state index contributed by atoms with van der Waals surface area (Å²) in [6.07, 6.45) is 0. The van der Waals surface area contributed by atoms with Crippen molar-refractivity contribution in [1.82, 2.24) is 0 Å². The van der Waals surface area contributed by atoms with Crippen LogP contribution in [0.4, 0.5) is 0 Å².